The average Bonchev–Trinajstić information content (AvgIpc) is 2.94. The van der Waals surface area contributed by atoms with Gasteiger partial charge in [0, 0.05) is 11.6 Å². The zero-order chi connectivity index (χ0) is 14.5. The maximum Gasteiger partial charge on any atom is 0.322 e. The zero-order valence-electron chi connectivity index (χ0n) is 10.6. The topological polar surface area (TPSA) is 102 Å². The number of amides is 1. The van der Waals surface area contributed by atoms with Crippen molar-refractivity contribution in [2.24, 2.45) is 0 Å². The second-order valence-electron chi connectivity index (χ2n) is 3.88. The van der Waals surface area contributed by atoms with Gasteiger partial charge in [-0.3, -0.25) is 9.59 Å². The molecule has 0 saturated heterocycles. The summed E-state index contributed by atoms with van der Waals surface area (Å²) in [5.41, 5.74) is 0.757. The standard InChI is InChI=1S/C13H12N2O5/c1-19-9-4-2-8(3-5-9)11-6-10(15-20-11)13(18)14-7-12(16)17/h2-6H,7H2,1H3,(H,14,18)(H,16,17). The predicted molar refractivity (Wildman–Crippen MR) is 68.5 cm³/mol. The van der Waals surface area contributed by atoms with E-state index in [-0.39, 0.29) is 5.69 Å². The highest BCUT2D eigenvalue weighted by atomic mass is 16.5. The SMILES string of the molecule is COc1ccc(-c2cc(C(=O)NCC(=O)O)no2)cc1. The molecule has 2 rings (SSSR count). The van der Waals surface area contributed by atoms with E-state index in [1.54, 1.807) is 31.4 Å². The number of hydrogen-bond acceptors (Lipinski definition) is 5. The van der Waals surface area contributed by atoms with Crippen LogP contribution in [0.4, 0.5) is 0 Å². The lowest BCUT2D eigenvalue weighted by molar-refractivity contribution is -0.135. The van der Waals surface area contributed by atoms with E-state index in [4.69, 9.17) is 14.4 Å². The minimum atomic E-state index is -1.13. The van der Waals surface area contributed by atoms with Gasteiger partial charge in [-0.2, -0.15) is 0 Å². The lowest BCUT2D eigenvalue weighted by Gasteiger charge is -1.99. The Morgan fingerprint density at radius 3 is 2.65 bits per heavy atom. The molecular formula is C13H12N2O5. The summed E-state index contributed by atoms with van der Waals surface area (Å²) in [6.07, 6.45) is 0. The van der Waals surface area contributed by atoms with Gasteiger partial charge in [0.25, 0.3) is 5.91 Å². The number of nitrogens with one attached hydrogen (secondary N) is 1. The number of carboxylic acid groups (broad SMARTS) is 1. The van der Waals surface area contributed by atoms with Crippen molar-refractivity contribution < 1.29 is 24.0 Å². The number of carboxylic acids is 1. The summed E-state index contributed by atoms with van der Waals surface area (Å²) >= 11 is 0. The molecule has 0 saturated carbocycles. The van der Waals surface area contributed by atoms with Crippen molar-refractivity contribution >= 4 is 11.9 Å². The Morgan fingerprint density at radius 2 is 2.05 bits per heavy atom. The molecule has 1 aromatic carbocycles. The first-order chi connectivity index (χ1) is 9.60. The highest BCUT2D eigenvalue weighted by Crippen LogP contribution is 2.22. The lowest BCUT2D eigenvalue weighted by Crippen LogP contribution is -2.29. The van der Waals surface area contributed by atoms with E-state index in [2.05, 4.69) is 10.5 Å². The Labute approximate surface area is 114 Å². The third kappa shape index (κ3) is 3.14. The van der Waals surface area contributed by atoms with Crippen LogP contribution < -0.4 is 10.1 Å². The van der Waals surface area contributed by atoms with Crippen LogP contribution >= 0.6 is 0 Å². The smallest absolute Gasteiger partial charge is 0.322 e. The molecule has 0 atom stereocenters. The highest BCUT2D eigenvalue weighted by molar-refractivity contribution is 5.94. The molecule has 2 aromatic rings. The van der Waals surface area contributed by atoms with E-state index in [1.165, 1.54) is 6.07 Å². The van der Waals surface area contributed by atoms with Gasteiger partial charge in [0.2, 0.25) is 0 Å². The van der Waals surface area contributed by atoms with E-state index in [9.17, 15) is 9.59 Å². The van der Waals surface area contributed by atoms with Gasteiger partial charge in [-0.1, -0.05) is 5.16 Å². The van der Waals surface area contributed by atoms with Crippen LogP contribution in [0.3, 0.4) is 0 Å². The van der Waals surface area contributed by atoms with E-state index < -0.39 is 18.4 Å². The summed E-state index contributed by atoms with van der Waals surface area (Å²) in [6.45, 7) is -0.469. The molecular weight excluding hydrogens is 264 g/mol. The molecule has 0 aliphatic carbocycles. The minimum Gasteiger partial charge on any atom is -0.497 e. The molecule has 0 spiro atoms. The highest BCUT2D eigenvalue weighted by Gasteiger charge is 2.14. The number of ether oxygens (including phenoxy) is 1. The molecule has 0 radical (unpaired) electrons. The van der Waals surface area contributed by atoms with E-state index >= 15 is 0 Å². The van der Waals surface area contributed by atoms with Crippen LogP contribution in [-0.4, -0.2) is 35.8 Å². The third-order valence-corrected chi connectivity index (χ3v) is 2.52. The summed E-state index contributed by atoms with van der Waals surface area (Å²) in [7, 11) is 1.56. The van der Waals surface area contributed by atoms with Gasteiger partial charge in [-0.15, -0.1) is 0 Å². The number of hydrogen-bond donors (Lipinski definition) is 2. The number of methoxy groups -OCH3 is 1. The van der Waals surface area contributed by atoms with Crippen molar-refractivity contribution in [2.75, 3.05) is 13.7 Å². The van der Waals surface area contributed by atoms with Crippen molar-refractivity contribution in [1.29, 1.82) is 0 Å². The van der Waals surface area contributed by atoms with Gasteiger partial charge in [-0.05, 0) is 24.3 Å². The molecule has 104 valence electrons. The van der Waals surface area contributed by atoms with Crippen LogP contribution in [0.15, 0.2) is 34.9 Å². The summed E-state index contributed by atoms with van der Waals surface area (Å²) in [6, 6.07) is 8.47. The number of benzene rings is 1. The van der Waals surface area contributed by atoms with E-state index in [0.29, 0.717) is 11.5 Å². The van der Waals surface area contributed by atoms with Gasteiger partial charge in [0.15, 0.2) is 11.5 Å². The maximum atomic E-state index is 11.6. The molecule has 7 nitrogen and oxygen atoms in total. The summed E-state index contributed by atoms with van der Waals surface area (Å²) in [4.78, 5) is 21.9. The fourth-order valence-corrected chi connectivity index (χ4v) is 1.52. The predicted octanol–water partition coefficient (Wildman–Crippen LogP) is 1.16. The van der Waals surface area contributed by atoms with Crippen LogP contribution in [0.2, 0.25) is 0 Å². The van der Waals surface area contributed by atoms with Crippen LogP contribution in [-0.2, 0) is 4.79 Å². The van der Waals surface area contributed by atoms with Gasteiger partial charge in [0.1, 0.15) is 12.3 Å². The maximum absolute atomic E-state index is 11.6. The first kappa shape index (κ1) is 13.6. The molecule has 0 fully saturated rings. The Morgan fingerprint density at radius 1 is 1.35 bits per heavy atom. The van der Waals surface area contributed by atoms with Crippen molar-refractivity contribution in [3.05, 3.63) is 36.0 Å². The lowest BCUT2D eigenvalue weighted by atomic mass is 10.1. The Hall–Kier alpha value is -2.83. The second-order valence-corrected chi connectivity index (χ2v) is 3.88. The van der Waals surface area contributed by atoms with E-state index in [1.807, 2.05) is 0 Å². The van der Waals surface area contributed by atoms with Crippen LogP contribution in [0.5, 0.6) is 5.75 Å². The fraction of sp³-hybridized carbons (Fsp3) is 0.154. The first-order valence-corrected chi connectivity index (χ1v) is 5.71. The monoisotopic (exact) mass is 276 g/mol. The van der Waals surface area contributed by atoms with Gasteiger partial charge in [-0.25, -0.2) is 0 Å². The van der Waals surface area contributed by atoms with Crippen molar-refractivity contribution in [3.8, 4) is 17.1 Å². The number of rotatable bonds is 5. The molecule has 0 unspecified atom stereocenters. The van der Waals surface area contributed by atoms with Crippen LogP contribution in [0, 0.1) is 0 Å². The largest absolute Gasteiger partial charge is 0.497 e. The zero-order valence-corrected chi connectivity index (χ0v) is 10.6. The number of carbonyl (C=O) groups excluding carboxylic acids is 1. The summed E-state index contributed by atoms with van der Waals surface area (Å²) < 4.78 is 10.1. The second kappa shape index (κ2) is 5.87. The first-order valence-electron chi connectivity index (χ1n) is 5.71. The molecule has 1 amide bonds. The normalized spacial score (nSPS) is 10.1. The number of aliphatic carboxylic acids is 1. The molecule has 20 heavy (non-hydrogen) atoms. The Kier molecular flexibility index (Phi) is 3.99. The van der Waals surface area contributed by atoms with Crippen molar-refractivity contribution in [2.45, 2.75) is 0 Å². The van der Waals surface area contributed by atoms with Gasteiger partial charge < -0.3 is 19.7 Å². The van der Waals surface area contributed by atoms with Crippen LogP contribution in [0.25, 0.3) is 11.3 Å². The molecule has 7 heteroatoms. The number of carbonyl (C=O) groups is 2. The van der Waals surface area contributed by atoms with Crippen LogP contribution in [0.1, 0.15) is 10.5 Å². The van der Waals surface area contributed by atoms with Crippen molar-refractivity contribution in [3.63, 3.8) is 0 Å². The number of aromatic nitrogens is 1. The third-order valence-electron chi connectivity index (χ3n) is 2.52. The molecule has 0 aliphatic heterocycles. The molecule has 1 heterocycles. The number of nitrogens with zero attached hydrogens (tertiary/aromatic N) is 1. The summed E-state index contributed by atoms with van der Waals surface area (Å²) in [5, 5.41) is 14.3. The Bertz CT molecular complexity index is 618. The van der Waals surface area contributed by atoms with E-state index in [0.717, 1.165) is 5.56 Å². The fourth-order valence-electron chi connectivity index (χ4n) is 1.52. The molecule has 1 aromatic heterocycles. The molecule has 0 aliphatic rings. The quantitative estimate of drug-likeness (QED) is 0.849. The molecule has 0 bridgehead atoms. The summed E-state index contributed by atoms with van der Waals surface area (Å²) in [5.74, 6) is -0.617. The average molecular weight is 276 g/mol. The van der Waals surface area contributed by atoms with Gasteiger partial charge >= 0.3 is 5.97 Å². The van der Waals surface area contributed by atoms with Gasteiger partial charge in [0.05, 0.1) is 7.11 Å². The Balaban J connectivity index is 2.11. The minimum absolute atomic E-state index is 0.0251. The molecule has 2 N–H and O–H groups in total. The van der Waals surface area contributed by atoms with Crippen molar-refractivity contribution in [1.82, 2.24) is 10.5 Å².